The minimum absolute atomic E-state index is 0.0372. The Labute approximate surface area is 138 Å². The molecule has 3 rings (SSSR count). The lowest BCUT2D eigenvalue weighted by Gasteiger charge is -2.11. The molecule has 2 N–H and O–H groups in total. The van der Waals surface area contributed by atoms with Crippen molar-refractivity contribution in [3.8, 4) is 0 Å². The van der Waals surface area contributed by atoms with E-state index in [2.05, 4.69) is 26.3 Å². The van der Waals surface area contributed by atoms with Crippen molar-refractivity contribution in [3.63, 3.8) is 0 Å². The molecule has 5 nitrogen and oxygen atoms in total. The van der Waals surface area contributed by atoms with Crippen LogP contribution in [0.15, 0.2) is 47.6 Å². The van der Waals surface area contributed by atoms with Crippen LogP contribution in [0.2, 0.25) is 0 Å². The number of carbonyl (C=O) groups excluding carboxylic acids is 1. The summed E-state index contributed by atoms with van der Waals surface area (Å²) in [5.74, 6) is 1.06. The number of aryl methyl sites for hydroxylation is 1. The summed E-state index contributed by atoms with van der Waals surface area (Å²) < 4.78 is 0. The van der Waals surface area contributed by atoms with E-state index >= 15 is 0 Å². The third-order valence-corrected chi connectivity index (χ3v) is 4.38. The number of hydrogen-bond acceptors (Lipinski definition) is 4. The first-order valence-electron chi connectivity index (χ1n) is 7.41. The number of benzene rings is 1. The fourth-order valence-electron chi connectivity index (χ4n) is 2.27. The molecule has 0 saturated heterocycles. The Morgan fingerprint density at radius 3 is 3.00 bits per heavy atom. The average Bonchev–Trinajstić information content (AvgIpc) is 2.97. The monoisotopic (exact) mass is 326 g/mol. The molecular formula is C17H18N4OS. The lowest BCUT2D eigenvalue weighted by Crippen LogP contribution is -2.28. The van der Waals surface area contributed by atoms with Crippen LogP contribution < -0.4 is 5.32 Å². The number of H-pyrrole nitrogens is 1. The van der Waals surface area contributed by atoms with Gasteiger partial charge in [0.2, 0.25) is 5.91 Å². The van der Waals surface area contributed by atoms with Crippen molar-refractivity contribution in [3.05, 3.63) is 54.0 Å². The Morgan fingerprint density at radius 2 is 2.22 bits per heavy atom. The average molecular weight is 326 g/mol. The van der Waals surface area contributed by atoms with E-state index in [1.807, 2.05) is 44.2 Å². The van der Waals surface area contributed by atoms with E-state index < -0.39 is 0 Å². The SMILES string of the molecule is Cc1ccc2nc([C@H](C)NC(=O)CSc3ccccn3)[nH]c2c1. The summed E-state index contributed by atoms with van der Waals surface area (Å²) in [4.78, 5) is 24.1. The maximum absolute atomic E-state index is 12.1. The summed E-state index contributed by atoms with van der Waals surface area (Å²) in [5.41, 5.74) is 3.08. The molecule has 1 aromatic carbocycles. The van der Waals surface area contributed by atoms with E-state index in [9.17, 15) is 4.79 Å². The van der Waals surface area contributed by atoms with Crippen molar-refractivity contribution in [2.45, 2.75) is 24.9 Å². The van der Waals surface area contributed by atoms with Crippen molar-refractivity contribution in [2.75, 3.05) is 5.75 Å². The molecule has 0 saturated carbocycles. The van der Waals surface area contributed by atoms with Crippen molar-refractivity contribution in [1.29, 1.82) is 0 Å². The normalized spacial score (nSPS) is 12.3. The Balaban J connectivity index is 1.61. The molecule has 2 aromatic heterocycles. The highest BCUT2D eigenvalue weighted by molar-refractivity contribution is 7.99. The van der Waals surface area contributed by atoms with E-state index in [0.29, 0.717) is 5.75 Å². The molecule has 0 spiro atoms. The molecule has 6 heteroatoms. The van der Waals surface area contributed by atoms with Crippen molar-refractivity contribution in [2.24, 2.45) is 0 Å². The standard InChI is InChI=1S/C17H18N4OS/c1-11-6-7-13-14(9-11)21-17(20-13)12(2)19-15(22)10-23-16-5-3-4-8-18-16/h3-9,12H,10H2,1-2H3,(H,19,22)(H,20,21)/t12-/m0/s1. The molecule has 1 atom stereocenters. The predicted octanol–water partition coefficient (Wildman–Crippen LogP) is 3.24. The zero-order valence-corrected chi connectivity index (χ0v) is 13.9. The molecule has 0 aliphatic rings. The van der Waals surface area contributed by atoms with Crippen LogP contribution >= 0.6 is 11.8 Å². The third kappa shape index (κ3) is 3.90. The molecule has 118 valence electrons. The van der Waals surface area contributed by atoms with Crippen LogP contribution in [-0.4, -0.2) is 26.6 Å². The number of carbonyl (C=O) groups is 1. The largest absolute Gasteiger partial charge is 0.346 e. The minimum atomic E-state index is -0.167. The number of imidazole rings is 1. The molecule has 23 heavy (non-hydrogen) atoms. The third-order valence-electron chi connectivity index (χ3n) is 3.43. The van der Waals surface area contributed by atoms with Gasteiger partial charge < -0.3 is 10.3 Å². The van der Waals surface area contributed by atoms with Crippen LogP contribution in [0.25, 0.3) is 11.0 Å². The van der Waals surface area contributed by atoms with Crippen LogP contribution in [0, 0.1) is 6.92 Å². The van der Waals surface area contributed by atoms with Crippen LogP contribution in [0.3, 0.4) is 0 Å². The molecular weight excluding hydrogens is 308 g/mol. The number of nitrogens with zero attached hydrogens (tertiary/aromatic N) is 2. The van der Waals surface area contributed by atoms with Crippen LogP contribution in [0.1, 0.15) is 24.4 Å². The Bertz CT molecular complexity index is 816. The number of rotatable bonds is 5. The highest BCUT2D eigenvalue weighted by Crippen LogP contribution is 2.18. The van der Waals surface area contributed by atoms with E-state index in [1.54, 1.807) is 6.20 Å². The van der Waals surface area contributed by atoms with Gasteiger partial charge in [-0.3, -0.25) is 4.79 Å². The lowest BCUT2D eigenvalue weighted by molar-refractivity contribution is -0.119. The van der Waals surface area contributed by atoms with Gasteiger partial charge in [0.1, 0.15) is 5.82 Å². The fraction of sp³-hybridized carbons (Fsp3) is 0.235. The van der Waals surface area contributed by atoms with E-state index in [1.165, 1.54) is 17.3 Å². The maximum Gasteiger partial charge on any atom is 0.230 e. The molecule has 0 fully saturated rings. The summed E-state index contributed by atoms with van der Waals surface area (Å²) in [6.45, 7) is 3.97. The van der Waals surface area contributed by atoms with Gasteiger partial charge in [0.05, 0.1) is 27.9 Å². The number of thioether (sulfide) groups is 1. The van der Waals surface area contributed by atoms with Crippen molar-refractivity contribution < 1.29 is 4.79 Å². The zero-order valence-electron chi connectivity index (χ0n) is 13.0. The van der Waals surface area contributed by atoms with Gasteiger partial charge in [-0.25, -0.2) is 9.97 Å². The molecule has 1 amide bonds. The summed E-state index contributed by atoms with van der Waals surface area (Å²) in [6.07, 6.45) is 1.72. The molecule has 0 bridgehead atoms. The number of aromatic amines is 1. The number of hydrogen-bond donors (Lipinski definition) is 2. The highest BCUT2D eigenvalue weighted by atomic mass is 32.2. The minimum Gasteiger partial charge on any atom is -0.346 e. The summed E-state index contributed by atoms with van der Waals surface area (Å²) in [6, 6.07) is 11.6. The Hall–Kier alpha value is -2.34. The first-order chi connectivity index (χ1) is 11.1. The quantitative estimate of drug-likeness (QED) is 0.706. The smallest absolute Gasteiger partial charge is 0.230 e. The number of nitrogens with one attached hydrogen (secondary N) is 2. The topological polar surface area (TPSA) is 70.7 Å². The summed E-state index contributed by atoms with van der Waals surface area (Å²) in [5, 5.41) is 3.80. The predicted molar refractivity (Wildman–Crippen MR) is 92.3 cm³/mol. The van der Waals surface area contributed by atoms with Gasteiger partial charge in [-0.2, -0.15) is 0 Å². The van der Waals surface area contributed by atoms with Crippen LogP contribution in [0.5, 0.6) is 0 Å². The van der Waals surface area contributed by atoms with Gasteiger partial charge in [0.15, 0.2) is 0 Å². The number of fused-ring (bicyclic) bond motifs is 1. The van der Waals surface area contributed by atoms with Gasteiger partial charge in [0, 0.05) is 6.20 Å². The zero-order chi connectivity index (χ0) is 16.2. The fourth-order valence-corrected chi connectivity index (χ4v) is 2.94. The second kappa shape index (κ2) is 6.83. The number of pyridine rings is 1. The first-order valence-corrected chi connectivity index (χ1v) is 8.40. The van der Waals surface area contributed by atoms with Crippen molar-refractivity contribution in [1.82, 2.24) is 20.3 Å². The van der Waals surface area contributed by atoms with Gasteiger partial charge >= 0.3 is 0 Å². The Morgan fingerprint density at radius 1 is 1.35 bits per heavy atom. The van der Waals surface area contributed by atoms with Gasteiger partial charge in [-0.15, -0.1) is 0 Å². The van der Waals surface area contributed by atoms with Crippen LogP contribution in [0.4, 0.5) is 0 Å². The van der Waals surface area contributed by atoms with Gasteiger partial charge in [-0.1, -0.05) is 23.9 Å². The van der Waals surface area contributed by atoms with Crippen LogP contribution in [-0.2, 0) is 4.79 Å². The lowest BCUT2D eigenvalue weighted by atomic mass is 10.2. The molecule has 0 aliphatic heterocycles. The molecule has 0 unspecified atom stereocenters. The first kappa shape index (κ1) is 15.6. The summed E-state index contributed by atoms with van der Waals surface area (Å²) >= 11 is 1.42. The number of amides is 1. The van der Waals surface area contributed by atoms with Crippen molar-refractivity contribution >= 4 is 28.7 Å². The second-order valence-electron chi connectivity index (χ2n) is 5.39. The van der Waals surface area contributed by atoms with E-state index in [4.69, 9.17) is 0 Å². The van der Waals surface area contributed by atoms with E-state index in [-0.39, 0.29) is 11.9 Å². The number of aromatic nitrogens is 3. The molecule has 0 radical (unpaired) electrons. The van der Waals surface area contributed by atoms with E-state index in [0.717, 1.165) is 21.9 Å². The molecule has 3 aromatic rings. The van der Waals surface area contributed by atoms with Gasteiger partial charge in [-0.05, 0) is 43.7 Å². The highest BCUT2D eigenvalue weighted by Gasteiger charge is 2.14. The maximum atomic E-state index is 12.1. The Kier molecular flexibility index (Phi) is 4.62. The molecule has 2 heterocycles. The summed E-state index contributed by atoms with van der Waals surface area (Å²) in [7, 11) is 0. The second-order valence-corrected chi connectivity index (χ2v) is 6.38. The van der Waals surface area contributed by atoms with Gasteiger partial charge in [0.25, 0.3) is 0 Å². The molecule has 0 aliphatic carbocycles.